The summed E-state index contributed by atoms with van der Waals surface area (Å²) >= 11 is 7.00. The number of aromatic nitrogens is 3. The number of rotatable bonds is 2. The summed E-state index contributed by atoms with van der Waals surface area (Å²) in [7, 11) is 0. The number of hydrogen-bond acceptors (Lipinski definition) is 4. The monoisotopic (exact) mass is 349 g/mol. The van der Waals surface area contributed by atoms with E-state index in [4.69, 9.17) is 11.6 Å². The molecule has 0 aliphatic heterocycles. The van der Waals surface area contributed by atoms with Gasteiger partial charge >= 0.3 is 6.18 Å². The Bertz CT molecular complexity index is 731. The van der Waals surface area contributed by atoms with Gasteiger partial charge in [0.2, 0.25) is 0 Å². The summed E-state index contributed by atoms with van der Waals surface area (Å²) in [4.78, 5) is 11.9. The summed E-state index contributed by atoms with van der Waals surface area (Å²) < 4.78 is 39.8. The highest BCUT2D eigenvalue weighted by molar-refractivity contribution is 8.00. The molecule has 0 N–H and O–H groups in total. The molecule has 3 rings (SSSR count). The van der Waals surface area contributed by atoms with Crippen LogP contribution in [0, 0.1) is 0 Å². The Balaban J connectivity index is 1.99. The molecule has 1 atom stereocenters. The highest BCUT2D eigenvalue weighted by Crippen LogP contribution is 2.35. The molecule has 2 heterocycles. The van der Waals surface area contributed by atoms with Gasteiger partial charge in [-0.2, -0.15) is 13.2 Å². The maximum absolute atomic E-state index is 12.9. The van der Waals surface area contributed by atoms with Crippen molar-refractivity contribution in [2.75, 3.05) is 0 Å². The molecule has 22 heavy (non-hydrogen) atoms. The van der Waals surface area contributed by atoms with Gasteiger partial charge in [0, 0.05) is 12.6 Å². The van der Waals surface area contributed by atoms with E-state index < -0.39 is 11.7 Å². The largest absolute Gasteiger partial charge is 0.417 e. The van der Waals surface area contributed by atoms with Crippen molar-refractivity contribution in [1.82, 2.24) is 14.6 Å². The molecule has 9 heteroatoms. The van der Waals surface area contributed by atoms with Gasteiger partial charge < -0.3 is 0 Å². The minimum Gasteiger partial charge on any atom is -0.298 e. The van der Waals surface area contributed by atoms with Crippen LogP contribution in [-0.2, 0) is 11.0 Å². The van der Waals surface area contributed by atoms with Crippen molar-refractivity contribution in [3.05, 3.63) is 22.8 Å². The first-order chi connectivity index (χ1) is 10.4. The molecule has 1 fully saturated rings. The van der Waals surface area contributed by atoms with E-state index in [0.29, 0.717) is 12.8 Å². The van der Waals surface area contributed by atoms with Gasteiger partial charge in [-0.25, -0.2) is 0 Å². The molecular formula is C13H11ClF3N3OS. The Hall–Kier alpha value is -1.28. The van der Waals surface area contributed by atoms with E-state index in [0.717, 1.165) is 36.9 Å². The second kappa shape index (κ2) is 5.73. The van der Waals surface area contributed by atoms with Crippen LogP contribution in [-0.4, -0.2) is 25.6 Å². The Morgan fingerprint density at radius 2 is 2.09 bits per heavy atom. The SMILES string of the molecule is O=C1CCCC[C@H]1Sc1nnc2c(Cl)cc(C(F)(F)F)cn12. The average molecular weight is 350 g/mol. The van der Waals surface area contributed by atoms with E-state index in [9.17, 15) is 18.0 Å². The summed E-state index contributed by atoms with van der Waals surface area (Å²) in [5, 5.41) is 7.54. The number of pyridine rings is 1. The second-order valence-electron chi connectivity index (χ2n) is 5.07. The number of carbonyl (C=O) groups is 1. The number of hydrogen-bond donors (Lipinski definition) is 0. The third kappa shape index (κ3) is 2.94. The quantitative estimate of drug-likeness (QED) is 0.822. The van der Waals surface area contributed by atoms with Crippen LogP contribution in [0.25, 0.3) is 5.65 Å². The third-order valence-electron chi connectivity index (χ3n) is 3.50. The highest BCUT2D eigenvalue weighted by Gasteiger charge is 2.33. The zero-order chi connectivity index (χ0) is 15.9. The Morgan fingerprint density at radius 1 is 1.32 bits per heavy atom. The second-order valence-corrected chi connectivity index (χ2v) is 6.65. The number of carbonyl (C=O) groups excluding carboxylic acids is 1. The molecule has 0 radical (unpaired) electrons. The maximum atomic E-state index is 12.9. The van der Waals surface area contributed by atoms with Crippen LogP contribution in [0.15, 0.2) is 17.4 Å². The summed E-state index contributed by atoms with van der Waals surface area (Å²) in [6.07, 6.45) is -0.606. The van der Waals surface area contributed by atoms with E-state index in [-0.39, 0.29) is 26.9 Å². The summed E-state index contributed by atoms with van der Waals surface area (Å²) in [5.41, 5.74) is -0.720. The van der Waals surface area contributed by atoms with E-state index in [1.807, 2.05) is 0 Å². The lowest BCUT2D eigenvalue weighted by Gasteiger charge is -2.18. The molecule has 0 bridgehead atoms. The van der Waals surface area contributed by atoms with Gasteiger partial charge in [-0.1, -0.05) is 29.8 Å². The molecule has 1 aliphatic rings. The lowest BCUT2D eigenvalue weighted by Crippen LogP contribution is -2.21. The molecule has 2 aromatic heterocycles. The summed E-state index contributed by atoms with van der Waals surface area (Å²) in [6.45, 7) is 0. The van der Waals surface area contributed by atoms with E-state index in [2.05, 4.69) is 10.2 Å². The van der Waals surface area contributed by atoms with Crippen molar-refractivity contribution in [1.29, 1.82) is 0 Å². The molecular weight excluding hydrogens is 339 g/mol. The molecule has 0 saturated heterocycles. The van der Waals surface area contributed by atoms with Crippen LogP contribution in [0.3, 0.4) is 0 Å². The highest BCUT2D eigenvalue weighted by atomic mass is 35.5. The predicted molar refractivity (Wildman–Crippen MR) is 76.1 cm³/mol. The fourth-order valence-corrected chi connectivity index (χ4v) is 3.75. The van der Waals surface area contributed by atoms with Gasteiger partial charge in [-0.15, -0.1) is 10.2 Å². The molecule has 1 aliphatic carbocycles. The zero-order valence-corrected chi connectivity index (χ0v) is 12.8. The molecule has 0 spiro atoms. The van der Waals surface area contributed by atoms with Crippen molar-refractivity contribution in [2.24, 2.45) is 0 Å². The topological polar surface area (TPSA) is 47.3 Å². The average Bonchev–Trinajstić information content (AvgIpc) is 2.84. The minimum atomic E-state index is -4.51. The zero-order valence-electron chi connectivity index (χ0n) is 11.2. The smallest absolute Gasteiger partial charge is 0.298 e. The van der Waals surface area contributed by atoms with Crippen LogP contribution >= 0.6 is 23.4 Å². The number of halogens is 4. The number of ketones is 1. The number of alkyl halides is 3. The molecule has 4 nitrogen and oxygen atoms in total. The van der Waals surface area contributed by atoms with Crippen molar-refractivity contribution < 1.29 is 18.0 Å². The van der Waals surface area contributed by atoms with Crippen LogP contribution in [0.4, 0.5) is 13.2 Å². The van der Waals surface area contributed by atoms with Crippen molar-refractivity contribution in [3.63, 3.8) is 0 Å². The van der Waals surface area contributed by atoms with Crippen molar-refractivity contribution >= 4 is 34.8 Å². The first-order valence-electron chi connectivity index (χ1n) is 6.67. The van der Waals surface area contributed by atoms with Gasteiger partial charge in [0.1, 0.15) is 5.78 Å². The molecule has 0 unspecified atom stereocenters. The third-order valence-corrected chi connectivity index (χ3v) is 5.05. The fourth-order valence-electron chi connectivity index (χ4n) is 2.37. The lowest BCUT2D eigenvalue weighted by atomic mass is 9.99. The van der Waals surface area contributed by atoms with Crippen molar-refractivity contribution in [2.45, 2.75) is 42.3 Å². The first kappa shape index (κ1) is 15.6. The number of Topliss-reactive ketones (excluding diaryl/α,β-unsaturated/α-hetero) is 1. The molecule has 0 amide bonds. The first-order valence-corrected chi connectivity index (χ1v) is 7.93. The van der Waals surface area contributed by atoms with Gasteiger partial charge in [0.05, 0.1) is 15.8 Å². The number of nitrogens with zero attached hydrogens (tertiary/aromatic N) is 3. The summed E-state index contributed by atoms with van der Waals surface area (Å²) in [5.74, 6) is 0.103. The van der Waals surface area contributed by atoms with E-state index in [1.54, 1.807) is 0 Å². The van der Waals surface area contributed by atoms with Gasteiger partial charge in [-0.3, -0.25) is 9.20 Å². The molecule has 2 aromatic rings. The summed E-state index contributed by atoms with van der Waals surface area (Å²) in [6, 6.07) is 0.825. The van der Waals surface area contributed by atoms with Gasteiger partial charge in [0.15, 0.2) is 10.8 Å². The van der Waals surface area contributed by atoms with Crippen LogP contribution in [0.1, 0.15) is 31.2 Å². The van der Waals surface area contributed by atoms with Gasteiger partial charge in [-0.05, 0) is 18.9 Å². The maximum Gasteiger partial charge on any atom is 0.417 e. The van der Waals surface area contributed by atoms with E-state index >= 15 is 0 Å². The normalized spacial score (nSPS) is 19.8. The van der Waals surface area contributed by atoms with Crippen LogP contribution in [0.5, 0.6) is 0 Å². The molecule has 1 saturated carbocycles. The van der Waals surface area contributed by atoms with Crippen LogP contribution in [0.2, 0.25) is 5.02 Å². The molecule has 118 valence electrons. The fraction of sp³-hybridized carbons (Fsp3) is 0.462. The standard InChI is InChI=1S/C13H11ClF3N3OS/c14-8-5-7(13(15,16)17)6-20-11(8)18-19-12(20)22-10-4-2-1-3-9(10)21/h5-6,10H,1-4H2/t10-/m1/s1. The molecule has 0 aromatic carbocycles. The van der Waals surface area contributed by atoms with Crippen molar-refractivity contribution in [3.8, 4) is 0 Å². The lowest BCUT2D eigenvalue weighted by molar-refractivity contribution is -0.137. The van der Waals surface area contributed by atoms with E-state index in [1.165, 1.54) is 4.40 Å². The number of fused-ring (bicyclic) bond motifs is 1. The van der Waals surface area contributed by atoms with Crippen LogP contribution < -0.4 is 0 Å². The minimum absolute atomic E-state index is 0.103. The Labute approximate surface area is 133 Å². The van der Waals surface area contributed by atoms with Gasteiger partial charge in [0.25, 0.3) is 0 Å². The predicted octanol–water partition coefficient (Wildman–Crippen LogP) is 4.01. The Morgan fingerprint density at radius 3 is 2.77 bits per heavy atom. The Kier molecular flexibility index (Phi) is 4.07. The number of thioether (sulfide) groups is 1.